The summed E-state index contributed by atoms with van der Waals surface area (Å²) in [7, 11) is 0. The van der Waals surface area contributed by atoms with Crippen molar-refractivity contribution in [1.82, 2.24) is 15.2 Å². The molecule has 2 N–H and O–H groups in total. The summed E-state index contributed by atoms with van der Waals surface area (Å²) >= 11 is 26.5. The number of anilines is 1. The van der Waals surface area contributed by atoms with Crippen LogP contribution in [0.2, 0.25) is 20.1 Å². The summed E-state index contributed by atoms with van der Waals surface area (Å²) in [5.41, 5.74) is -0.773. The van der Waals surface area contributed by atoms with E-state index in [4.69, 9.17) is 51.1 Å². The summed E-state index contributed by atoms with van der Waals surface area (Å²) in [4.78, 5) is 71.8. The number of carbonyl (C=O) groups excluding carboxylic acids is 4. The molecule has 0 spiro atoms. The number of carboxylic acid groups (broad SMARTS) is 1. The molecular weight excluding hydrogens is 714 g/mol. The monoisotopic (exact) mass is 740 g/mol. The van der Waals surface area contributed by atoms with E-state index >= 15 is 0 Å². The largest absolute Gasteiger partial charge is 0.480 e. The Hall–Kier alpha value is -3.55. The summed E-state index contributed by atoms with van der Waals surface area (Å²) in [6.07, 6.45) is 0.361. The zero-order valence-electron chi connectivity index (χ0n) is 25.1. The molecule has 0 radical (unpaired) electrons. The van der Waals surface area contributed by atoms with Crippen molar-refractivity contribution < 1.29 is 33.8 Å². The van der Waals surface area contributed by atoms with Crippen LogP contribution < -0.4 is 10.2 Å². The van der Waals surface area contributed by atoms with E-state index in [9.17, 15) is 29.1 Å². The fourth-order valence-electron chi connectivity index (χ4n) is 4.46. The number of carbonyl (C=O) groups is 5. The number of nitrogens with one attached hydrogen (secondary N) is 1. The molecule has 0 aliphatic carbocycles. The first kappa shape index (κ1) is 36.3. The van der Waals surface area contributed by atoms with Gasteiger partial charge in [-0.15, -0.1) is 11.8 Å². The highest BCUT2D eigenvalue weighted by Gasteiger charge is 2.39. The normalized spacial score (nSPS) is 15.1. The lowest BCUT2D eigenvalue weighted by Gasteiger charge is -2.28. The Labute approximate surface area is 294 Å². The van der Waals surface area contributed by atoms with Crippen molar-refractivity contribution >= 4 is 93.8 Å². The Kier molecular flexibility index (Phi) is 11.7. The number of benzene rings is 2. The van der Waals surface area contributed by atoms with Crippen LogP contribution in [0.15, 0.2) is 54.7 Å². The van der Waals surface area contributed by atoms with Crippen LogP contribution in [-0.4, -0.2) is 74.1 Å². The topological polar surface area (TPSA) is 146 Å². The van der Waals surface area contributed by atoms with Gasteiger partial charge < -0.3 is 15.2 Å². The number of pyridine rings is 1. The van der Waals surface area contributed by atoms with Crippen LogP contribution in [0.25, 0.3) is 0 Å². The third-order valence-corrected chi connectivity index (χ3v) is 8.94. The van der Waals surface area contributed by atoms with Crippen molar-refractivity contribution in [3.8, 4) is 0 Å². The van der Waals surface area contributed by atoms with Crippen LogP contribution in [0.4, 0.5) is 10.6 Å². The third kappa shape index (κ3) is 8.68. The molecule has 248 valence electrons. The summed E-state index contributed by atoms with van der Waals surface area (Å²) in [5.74, 6) is -3.51. The lowest BCUT2D eigenvalue weighted by Crippen LogP contribution is -2.53. The van der Waals surface area contributed by atoms with Crippen molar-refractivity contribution in [1.29, 1.82) is 0 Å². The fraction of sp³-hybridized carbons (Fsp3) is 0.290. The van der Waals surface area contributed by atoms with Gasteiger partial charge in [0.15, 0.2) is 0 Å². The number of aliphatic carboxylic acids is 1. The van der Waals surface area contributed by atoms with Crippen molar-refractivity contribution in [3.63, 3.8) is 0 Å². The second kappa shape index (κ2) is 15.1. The van der Waals surface area contributed by atoms with E-state index in [0.717, 1.165) is 0 Å². The number of carboxylic acids is 1. The van der Waals surface area contributed by atoms with Gasteiger partial charge in [0.1, 0.15) is 23.5 Å². The first-order valence-electron chi connectivity index (χ1n) is 13.9. The van der Waals surface area contributed by atoms with Gasteiger partial charge in [-0.25, -0.2) is 19.5 Å². The number of nitrogens with zero attached hydrogens (tertiary/aromatic N) is 3. The number of halogens is 4. The van der Waals surface area contributed by atoms with E-state index in [1.165, 1.54) is 71.4 Å². The zero-order chi connectivity index (χ0) is 34.6. The lowest BCUT2D eigenvalue weighted by atomic mass is 10.1. The lowest BCUT2D eigenvalue weighted by molar-refractivity contribution is -0.142. The molecule has 11 nitrogen and oxygen atoms in total. The van der Waals surface area contributed by atoms with E-state index < -0.39 is 47.5 Å². The second-order valence-corrected chi connectivity index (χ2v) is 13.9. The number of aromatic nitrogens is 1. The number of hydrogen-bond donors (Lipinski definition) is 2. The van der Waals surface area contributed by atoms with Crippen LogP contribution in [0.1, 0.15) is 47.1 Å². The Morgan fingerprint density at radius 1 is 0.957 bits per heavy atom. The molecule has 1 aliphatic rings. The standard InChI is InChI=1S/C31H28Cl4N4O7S/c1-31(2,3)46-30(45)38-15-47-14-22(38)26(40)37-21(29(43)44)12-16-10-11-23(36-13-16)39(27(41)24-17(32)6-4-7-18(24)33)28(42)25-19(34)8-5-9-20(25)35/h4-11,13,21-22H,12,14-15H2,1-3H3,(H,37,40)(H,43,44)/t21-,22-/m0/s1. The molecule has 0 unspecified atom stereocenters. The number of rotatable bonds is 8. The second-order valence-electron chi connectivity index (χ2n) is 11.2. The Bertz CT molecular complexity index is 1610. The summed E-state index contributed by atoms with van der Waals surface area (Å²) in [6.45, 7) is 5.10. The number of amides is 4. The first-order valence-corrected chi connectivity index (χ1v) is 16.6. The van der Waals surface area contributed by atoms with Crippen molar-refractivity contribution in [3.05, 3.63) is 91.5 Å². The van der Waals surface area contributed by atoms with Gasteiger partial charge in [0.25, 0.3) is 11.8 Å². The summed E-state index contributed by atoms with van der Waals surface area (Å²) in [5, 5.41) is 12.3. The van der Waals surface area contributed by atoms with E-state index in [-0.39, 0.29) is 55.1 Å². The quantitative estimate of drug-likeness (QED) is 0.244. The molecule has 1 aromatic heterocycles. The van der Waals surface area contributed by atoms with Crippen LogP contribution >= 0.6 is 58.2 Å². The number of hydrogen-bond acceptors (Lipinski definition) is 8. The molecule has 16 heteroatoms. The first-order chi connectivity index (χ1) is 22.1. The molecule has 2 atom stereocenters. The highest BCUT2D eigenvalue weighted by atomic mass is 35.5. The van der Waals surface area contributed by atoms with Gasteiger partial charge in [-0.1, -0.05) is 64.6 Å². The number of thioether (sulfide) groups is 1. The minimum absolute atomic E-state index is 0.0203. The van der Waals surface area contributed by atoms with E-state index in [0.29, 0.717) is 10.5 Å². The van der Waals surface area contributed by atoms with Gasteiger partial charge in [-0.2, -0.15) is 0 Å². The maximum Gasteiger partial charge on any atom is 0.411 e. The Balaban J connectivity index is 1.60. The molecule has 0 bridgehead atoms. The molecule has 4 amide bonds. The minimum Gasteiger partial charge on any atom is -0.480 e. The van der Waals surface area contributed by atoms with Crippen molar-refractivity contribution in [2.24, 2.45) is 0 Å². The number of ether oxygens (including phenoxy) is 1. The van der Waals surface area contributed by atoms with Crippen LogP contribution in [-0.2, 0) is 20.7 Å². The predicted molar refractivity (Wildman–Crippen MR) is 181 cm³/mol. The smallest absolute Gasteiger partial charge is 0.411 e. The minimum atomic E-state index is -1.40. The summed E-state index contributed by atoms with van der Waals surface area (Å²) < 4.78 is 5.38. The maximum absolute atomic E-state index is 13.8. The average Bonchev–Trinajstić information content (AvgIpc) is 3.47. The molecule has 1 aliphatic heterocycles. The zero-order valence-corrected chi connectivity index (χ0v) is 29.0. The molecular formula is C31H28Cl4N4O7S. The summed E-state index contributed by atoms with van der Waals surface area (Å²) in [6, 6.07) is 9.21. The van der Waals surface area contributed by atoms with Gasteiger partial charge in [-0.3, -0.25) is 19.3 Å². The average molecular weight is 742 g/mol. The third-order valence-electron chi connectivity index (χ3n) is 6.67. The highest BCUT2D eigenvalue weighted by molar-refractivity contribution is 7.99. The predicted octanol–water partition coefficient (Wildman–Crippen LogP) is 6.60. The molecule has 1 fully saturated rings. The number of imide groups is 1. The Morgan fingerprint density at radius 3 is 1.94 bits per heavy atom. The fourth-order valence-corrected chi connectivity index (χ4v) is 6.72. The van der Waals surface area contributed by atoms with Crippen molar-refractivity contribution in [2.75, 3.05) is 16.5 Å². The molecule has 4 rings (SSSR count). The van der Waals surface area contributed by atoms with Gasteiger partial charge >= 0.3 is 12.1 Å². The highest BCUT2D eigenvalue weighted by Crippen LogP contribution is 2.32. The maximum atomic E-state index is 13.8. The van der Waals surface area contributed by atoms with E-state index in [2.05, 4.69) is 10.3 Å². The van der Waals surface area contributed by atoms with Gasteiger partial charge in [0, 0.05) is 18.4 Å². The molecule has 2 heterocycles. The van der Waals surface area contributed by atoms with E-state index in [1.54, 1.807) is 20.8 Å². The van der Waals surface area contributed by atoms with Gasteiger partial charge in [0.2, 0.25) is 5.91 Å². The van der Waals surface area contributed by atoms with Crippen LogP contribution in [0, 0.1) is 0 Å². The molecule has 1 saturated heterocycles. The van der Waals surface area contributed by atoms with E-state index in [1.807, 2.05) is 0 Å². The van der Waals surface area contributed by atoms with Crippen molar-refractivity contribution in [2.45, 2.75) is 44.9 Å². The molecule has 0 saturated carbocycles. The molecule has 47 heavy (non-hydrogen) atoms. The van der Waals surface area contributed by atoms with Crippen LogP contribution in [0.5, 0.6) is 0 Å². The molecule has 3 aromatic rings. The van der Waals surface area contributed by atoms with Gasteiger partial charge in [-0.05, 0) is 56.7 Å². The van der Waals surface area contributed by atoms with Gasteiger partial charge in [0.05, 0.1) is 37.1 Å². The Morgan fingerprint density at radius 2 is 1.49 bits per heavy atom. The molecule has 2 aromatic carbocycles. The van der Waals surface area contributed by atoms with Crippen LogP contribution in [0.3, 0.4) is 0 Å². The SMILES string of the molecule is CC(C)(C)OC(=O)N1CSC[C@H]1C(=O)N[C@@H](Cc1ccc(N(C(=O)c2c(Cl)cccc2Cl)C(=O)c2c(Cl)cccc2Cl)nc1)C(=O)O.